The van der Waals surface area contributed by atoms with Gasteiger partial charge in [0.05, 0.1) is 12.1 Å². The average molecular weight is 440 g/mol. The number of piperidine rings is 1. The third kappa shape index (κ3) is 4.40. The number of sulfonamides is 1. The zero-order valence-electron chi connectivity index (χ0n) is 17.4. The highest BCUT2D eigenvalue weighted by atomic mass is 32.2. The standard InChI is InChI=1S/C23H25N3O4S/c1-2-30-21-12-11-17(16-22(21)31(28,29)26-14-4-3-5-15-26)25-23(27)19-8-6-10-20-18(19)9-7-13-24-20/h6-13,16H,2-5,14-15H2,1H3,(H,25,27). The third-order valence-corrected chi connectivity index (χ3v) is 7.24. The zero-order valence-corrected chi connectivity index (χ0v) is 18.2. The number of nitrogens with one attached hydrogen (secondary N) is 1. The molecule has 0 atom stereocenters. The van der Waals surface area contributed by atoms with Crippen LogP contribution in [0.2, 0.25) is 0 Å². The first-order chi connectivity index (χ1) is 15.0. The van der Waals surface area contributed by atoms with Crippen LogP contribution in [0.5, 0.6) is 5.75 Å². The first kappa shape index (κ1) is 21.3. The van der Waals surface area contributed by atoms with Crippen molar-refractivity contribution in [2.45, 2.75) is 31.1 Å². The molecular formula is C23H25N3O4S. The number of hydrogen-bond acceptors (Lipinski definition) is 5. The summed E-state index contributed by atoms with van der Waals surface area (Å²) in [5.41, 5.74) is 1.58. The van der Waals surface area contributed by atoms with E-state index in [1.807, 2.05) is 19.1 Å². The maximum absolute atomic E-state index is 13.3. The van der Waals surface area contributed by atoms with E-state index in [1.54, 1.807) is 36.5 Å². The third-order valence-electron chi connectivity index (χ3n) is 5.32. The summed E-state index contributed by atoms with van der Waals surface area (Å²) in [6.45, 7) is 3.14. The normalized spacial score (nSPS) is 15.0. The van der Waals surface area contributed by atoms with Crippen LogP contribution in [0, 0.1) is 0 Å². The largest absolute Gasteiger partial charge is 0.492 e. The van der Waals surface area contributed by atoms with Crippen molar-refractivity contribution in [3.05, 3.63) is 60.3 Å². The van der Waals surface area contributed by atoms with Crippen LogP contribution in [0.1, 0.15) is 36.5 Å². The molecular weight excluding hydrogens is 414 g/mol. The Balaban J connectivity index is 1.68. The van der Waals surface area contributed by atoms with Gasteiger partial charge in [-0.3, -0.25) is 9.78 Å². The maximum atomic E-state index is 13.3. The highest BCUT2D eigenvalue weighted by Gasteiger charge is 2.29. The number of rotatable bonds is 6. The van der Waals surface area contributed by atoms with Crippen molar-refractivity contribution in [3.63, 3.8) is 0 Å². The summed E-state index contributed by atoms with van der Waals surface area (Å²) in [6.07, 6.45) is 4.39. The van der Waals surface area contributed by atoms with E-state index in [0.717, 1.165) is 30.2 Å². The van der Waals surface area contributed by atoms with Crippen LogP contribution in [0.3, 0.4) is 0 Å². The van der Waals surface area contributed by atoms with Crippen LogP contribution in [0.4, 0.5) is 5.69 Å². The summed E-state index contributed by atoms with van der Waals surface area (Å²) < 4.78 is 33.7. The van der Waals surface area contributed by atoms with E-state index in [2.05, 4.69) is 10.3 Å². The van der Waals surface area contributed by atoms with Crippen molar-refractivity contribution in [1.82, 2.24) is 9.29 Å². The van der Waals surface area contributed by atoms with Crippen molar-refractivity contribution < 1.29 is 17.9 Å². The molecule has 0 spiro atoms. The number of ether oxygens (including phenoxy) is 1. The lowest BCUT2D eigenvalue weighted by Crippen LogP contribution is -2.35. The summed E-state index contributed by atoms with van der Waals surface area (Å²) in [4.78, 5) is 17.3. The molecule has 0 aliphatic carbocycles. The molecule has 1 fully saturated rings. The Morgan fingerprint density at radius 3 is 2.68 bits per heavy atom. The number of pyridine rings is 1. The number of amides is 1. The second kappa shape index (κ2) is 9.03. The number of benzene rings is 2. The van der Waals surface area contributed by atoms with Crippen LogP contribution in [0.25, 0.3) is 10.9 Å². The van der Waals surface area contributed by atoms with Gasteiger partial charge < -0.3 is 10.1 Å². The highest BCUT2D eigenvalue weighted by molar-refractivity contribution is 7.89. The van der Waals surface area contributed by atoms with E-state index in [4.69, 9.17) is 4.74 Å². The van der Waals surface area contributed by atoms with Crippen molar-refractivity contribution in [1.29, 1.82) is 0 Å². The minimum absolute atomic E-state index is 0.0774. The second-order valence-electron chi connectivity index (χ2n) is 7.39. The van der Waals surface area contributed by atoms with E-state index < -0.39 is 10.0 Å². The fourth-order valence-electron chi connectivity index (χ4n) is 3.81. The molecule has 1 aliphatic rings. The Hall–Kier alpha value is -2.97. The minimum Gasteiger partial charge on any atom is -0.492 e. The van der Waals surface area contributed by atoms with E-state index in [0.29, 0.717) is 36.7 Å². The molecule has 1 aromatic heterocycles. The quantitative estimate of drug-likeness (QED) is 0.626. The van der Waals surface area contributed by atoms with Gasteiger partial charge in [-0.05, 0) is 56.2 Å². The van der Waals surface area contributed by atoms with Crippen molar-refractivity contribution in [3.8, 4) is 5.75 Å². The van der Waals surface area contributed by atoms with E-state index in [9.17, 15) is 13.2 Å². The predicted octanol–water partition coefficient (Wildman–Crippen LogP) is 4.06. The molecule has 2 heterocycles. The molecule has 162 valence electrons. The van der Waals surface area contributed by atoms with Gasteiger partial charge in [0.2, 0.25) is 10.0 Å². The monoisotopic (exact) mass is 439 g/mol. The fourth-order valence-corrected chi connectivity index (χ4v) is 5.48. The number of nitrogens with zero attached hydrogens (tertiary/aromatic N) is 2. The number of carbonyl (C=O) groups is 1. The molecule has 3 aromatic rings. The van der Waals surface area contributed by atoms with Gasteiger partial charge in [0.1, 0.15) is 10.6 Å². The van der Waals surface area contributed by atoms with Crippen LogP contribution >= 0.6 is 0 Å². The van der Waals surface area contributed by atoms with Crippen LogP contribution in [-0.4, -0.2) is 43.3 Å². The van der Waals surface area contributed by atoms with Gasteiger partial charge >= 0.3 is 0 Å². The summed E-state index contributed by atoms with van der Waals surface area (Å²) >= 11 is 0. The highest BCUT2D eigenvalue weighted by Crippen LogP contribution is 2.32. The molecule has 4 rings (SSSR count). The predicted molar refractivity (Wildman–Crippen MR) is 120 cm³/mol. The molecule has 0 unspecified atom stereocenters. The Labute approximate surface area is 182 Å². The van der Waals surface area contributed by atoms with Crippen molar-refractivity contribution in [2.75, 3.05) is 25.0 Å². The first-order valence-electron chi connectivity index (χ1n) is 10.4. The molecule has 1 saturated heterocycles. The number of anilines is 1. The molecule has 31 heavy (non-hydrogen) atoms. The Bertz CT molecular complexity index is 1200. The lowest BCUT2D eigenvalue weighted by Gasteiger charge is -2.27. The smallest absolute Gasteiger partial charge is 0.256 e. The van der Waals surface area contributed by atoms with E-state index in [-0.39, 0.29) is 10.8 Å². The summed E-state index contributed by atoms with van der Waals surface area (Å²) in [5.74, 6) is -0.0375. The molecule has 1 aliphatic heterocycles. The van der Waals surface area contributed by atoms with Crippen LogP contribution in [-0.2, 0) is 10.0 Å². The lowest BCUT2D eigenvalue weighted by molar-refractivity contribution is 0.102. The van der Waals surface area contributed by atoms with Gasteiger partial charge in [-0.2, -0.15) is 4.31 Å². The van der Waals surface area contributed by atoms with Crippen LogP contribution < -0.4 is 10.1 Å². The number of fused-ring (bicyclic) bond motifs is 1. The lowest BCUT2D eigenvalue weighted by atomic mass is 10.1. The molecule has 0 bridgehead atoms. The van der Waals surface area contributed by atoms with Gasteiger partial charge in [0.25, 0.3) is 5.91 Å². The van der Waals surface area contributed by atoms with Gasteiger partial charge in [0, 0.05) is 35.9 Å². The summed E-state index contributed by atoms with van der Waals surface area (Å²) in [5, 5.41) is 3.56. The van der Waals surface area contributed by atoms with Gasteiger partial charge in [0.15, 0.2) is 0 Å². The summed E-state index contributed by atoms with van der Waals surface area (Å²) in [7, 11) is -3.73. The van der Waals surface area contributed by atoms with Gasteiger partial charge in [-0.25, -0.2) is 8.42 Å². The SMILES string of the molecule is CCOc1ccc(NC(=O)c2cccc3ncccc23)cc1S(=O)(=O)N1CCCCC1. The van der Waals surface area contributed by atoms with Crippen molar-refractivity contribution in [2.24, 2.45) is 0 Å². The molecule has 7 nitrogen and oxygen atoms in total. The first-order valence-corrected chi connectivity index (χ1v) is 11.9. The molecule has 8 heteroatoms. The van der Waals surface area contributed by atoms with Crippen LogP contribution in [0.15, 0.2) is 59.6 Å². The molecule has 1 N–H and O–H groups in total. The van der Waals surface area contributed by atoms with Crippen molar-refractivity contribution >= 4 is 32.5 Å². The maximum Gasteiger partial charge on any atom is 0.256 e. The molecule has 2 aromatic carbocycles. The zero-order chi connectivity index (χ0) is 21.8. The van der Waals surface area contributed by atoms with E-state index >= 15 is 0 Å². The summed E-state index contributed by atoms with van der Waals surface area (Å²) in [6, 6.07) is 13.7. The number of hydrogen-bond donors (Lipinski definition) is 1. The van der Waals surface area contributed by atoms with Gasteiger partial charge in [-0.1, -0.05) is 18.6 Å². The van der Waals surface area contributed by atoms with E-state index in [1.165, 1.54) is 10.4 Å². The minimum atomic E-state index is -3.73. The average Bonchev–Trinajstić information content (AvgIpc) is 2.80. The second-order valence-corrected chi connectivity index (χ2v) is 9.30. The fraction of sp³-hybridized carbons (Fsp3) is 0.304. The Morgan fingerprint density at radius 1 is 1.10 bits per heavy atom. The Kier molecular flexibility index (Phi) is 6.20. The molecule has 0 saturated carbocycles. The molecule has 0 radical (unpaired) electrons. The Morgan fingerprint density at radius 2 is 1.90 bits per heavy atom. The molecule has 1 amide bonds. The topological polar surface area (TPSA) is 88.6 Å². The van der Waals surface area contributed by atoms with Gasteiger partial charge in [-0.15, -0.1) is 0 Å². The number of carbonyl (C=O) groups excluding carboxylic acids is 1. The number of aromatic nitrogens is 1.